The summed E-state index contributed by atoms with van der Waals surface area (Å²) in [5.41, 5.74) is 8.77. The van der Waals surface area contributed by atoms with Crippen molar-refractivity contribution in [3.05, 3.63) is 36.7 Å². The van der Waals surface area contributed by atoms with Crippen LogP contribution >= 0.6 is 0 Å². The second kappa shape index (κ2) is 7.85. The van der Waals surface area contributed by atoms with Crippen molar-refractivity contribution in [2.24, 2.45) is 0 Å². The highest BCUT2D eigenvalue weighted by atomic mass is 16.6. The van der Waals surface area contributed by atoms with E-state index in [0.29, 0.717) is 18.9 Å². The molecule has 1 aliphatic heterocycles. The van der Waals surface area contributed by atoms with Crippen LogP contribution in [0.15, 0.2) is 36.7 Å². The first-order valence-electron chi connectivity index (χ1n) is 10.2. The highest BCUT2D eigenvalue weighted by Crippen LogP contribution is 2.34. The second-order valence-electron chi connectivity index (χ2n) is 8.64. The van der Waals surface area contributed by atoms with E-state index in [-0.39, 0.29) is 12.1 Å². The molecule has 1 fully saturated rings. The molecule has 4 rings (SSSR count). The number of hydrogen-bond acceptors (Lipinski definition) is 6. The average molecular weight is 409 g/mol. The Morgan fingerprint density at radius 1 is 1.33 bits per heavy atom. The summed E-state index contributed by atoms with van der Waals surface area (Å²) in [5.74, 6) is 0.460. The minimum atomic E-state index is -0.508. The molecule has 0 aliphatic carbocycles. The van der Waals surface area contributed by atoms with E-state index in [9.17, 15) is 4.79 Å². The van der Waals surface area contributed by atoms with E-state index in [4.69, 9.17) is 10.5 Å². The molecule has 158 valence electrons. The SMILES string of the molecule is CC(C)(C)OC(=O)N1CCC[C@@H](Nc2c(-c3cccc(N)n3)cnc3[nH]ccc23)C1. The number of rotatable bonds is 3. The van der Waals surface area contributed by atoms with Crippen molar-refractivity contribution in [2.75, 3.05) is 24.1 Å². The number of fused-ring (bicyclic) bond motifs is 1. The lowest BCUT2D eigenvalue weighted by Crippen LogP contribution is -2.47. The maximum atomic E-state index is 12.5. The molecule has 0 radical (unpaired) electrons. The summed E-state index contributed by atoms with van der Waals surface area (Å²) in [5, 5.41) is 4.63. The van der Waals surface area contributed by atoms with Crippen LogP contribution in [0.2, 0.25) is 0 Å². The van der Waals surface area contributed by atoms with Crippen molar-refractivity contribution in [3.8, 4) is 11.3 Å². The van der Waals surface area contributed by atoms with Crippen LogP contribution in [0, 0.1) is 0 Å². The monoisotopic (exact) mass is 408 g/mol. The molecule has 4 heterocycles. The average Bonchev–Trinajstić information content (AvgIpc) is 3.16. The molecule has 1 aliphatic rings. The molecule has 8 nitrogen and oxygen atoms in total. The number of pyridine rings is 2. The number of nitrogen functional groups attached to an aromatic ring is 1. The standard InChI is InChI=1S/C22H28N6O2/c1-22(2,3)30-21(29)28-11-5-6-14(13-28)26-19-15-9-10-24-20(15)25-12-16(19)17-7-4-8-18(23)27-17/h4,7-10,12,14H,5-6,11,13H2,1-3H3,(H2,23,27)(H2,24,25,26)/t14-/m1/s1. The number of hydrogen-bond donors (Lipinski definition) is 3. The van der Waals surface area contributed by atoms with Gasteiger partial charge in [-0.1, -0.05) is 6.07 Å². The highest BCUT2D eigenvalue weighted by molar-refractivity contribution is 5.97. The Balaban J connectivity index is 1.62. The number of carbonyl (C=O) groups excluding carboxylic acids is 1. The quantitative estimate of drug-likeness (QED) is 0.604. The normalized spacial score (nSPS) is 17.2. The van der Waals surface area contributed by atoms with Gasteiger partial charge in [-0.25, -0.2) is 14.8 Å². The summed E-state index contributed by atoms with van der Waals surface area (Å²) < 4.78 is 5.56. The van der Waals surface area contributed by atoms with Crippen molar-refractivity contribution in [2.45, 2.75) is 45.3 Å². The molecule has 3 aromatic rings. The summed E-state index contributed by atoms with van der Waals surface area (Å²) in [4.78, 5) is 26.5. The number of nitrogens with one attached hydrogen (secondary N) is 2. The van der Waals surface area contributed by atoms with Crippen molar-refractivity contribution in [1.82, 2.24) is 19.9 Å². The first-order chi connectivity index (χ1) is 14.3. The molecule has 1 atom stereocenters. The molecular weight excluding hydrogens is 380 g/mol. The minimum absolute atomic E-state index is 0.0894. The fourth-order valence-electron chi connectivity index (χ4n) is 3.75. The molecule has 0 spiro atoms. The second-order valence-corrected chi connectivity index (χ2v) is 8.64. The predicted octanol–water partition coefficient (Wildman–Crippen LogP) is 4.02. The third-order valence-electron chi connectivity index (χ3n) is 5.05. The van der Waals surface area contributed by atoms with Crippen LogP contribution in [0.25, 0.3) is 22.3 Å². The number of carbonyl (C=O) groups is 1. The zero-order chi connectivity index (χ0) is 21.3. The van der Waals surface area contributed by atoms with Crippen LogP contribution in [-0.4, -0.2) is 50.7 Å². The molecule has 30 heavy (non-hydrogen) atoms. The lowest BCUT2D eigenvalue weighted by atomic mass is 10.0. The van der Waals surface area contributed by atoms with Gasteiger partial charge in [-0.2, -0.15) is 0 Å². The van der Waals surface area contributed by atoms with Crippen LogP contribution in [0.3, 0.4) is 0 Å². The minimum Gasteiger partial charge on any atom is -0.444 e. The highest BCUT2D eigenvalue weighted by Gasteiger charge is 2.28. The zero-order valence-corrected chi connectivity index (χ0v) is 17.6. The molecule has 1 saturated heterocycles. The van der Waals surface area contributed by atoms with Crippen molar-refractivity contribution < 1.29 is 9.53 Å². The number of H-pyrrole nitrogens is 1. The van der Waals surface area contributed by atoms with Crippen molar-refractivity contribution in [3.63, 3.8) is 0 Å². The number of aromatic amines is 1. The van der Waals surface area contributed by atoms with Crippen molar-refractivity contribution in [1.29, 1.82) is 0 Å². The number of ether oxygens (including phenoxy) is 1. The van der Waals surface area contributed by atoms with Gasteiger partial charge in [-0.05, 0) is 51.8 Å². The van der Waals surface area contributed by atoms with Gasteiger partial charge in [0.15, 0.2) is 0 Å². The number of nitrogens with two attached hydrogens (primary N) is 1. The summed E-state index contributed by atoms with van der Waals surface area (Å²) in [7, 11) is 0. The lowest BCUT2D eigenvalue weighted by molar-refractivity contribution is 0.0206. The Bertz CT molecular complexity index is 1060. The predicted molar refractivity (Wildman–Crippen MR) is 118 cm³/mol. The van der Waals surface area contributed by atoms with E-state index < -0.39 is 5.60 Å². The van der Waals surface area contributed by atoms with E-state index in [1.165, 1.54) is 0 Å². The molecule has 0 aromatic carbocycles. The Labute approximate surface area is 175 Å². The molecular formula is C22H28N6O2. The van der Waals surface area contributed by atoms with E-state index >= 15 is 0 Å². The topological polar surface area (TPSA) is 109 Å². The van der Waals surface area contributed by atoms with Gasteiger partial charge < -0.3 is 25.7 Å². The maximum absolute atomic E-state index is 12.5. The Morgan fingerprint density at radius 2 is 2.17 bits per heavy atom. The number of anilines is 2. The number of aromatic nitrogens is 3. The van der Waals surface area contributed by atoms with E-state index in [0.717, 1.165) is 40.8 Å². The van der Waals surface area contributed by atoms with E-state index in [1.807, 2.05) is 45.2 Å². The number of amides is 1. The summed E-state index contributed by atoms with van der Waals surface area (Å²) in [6.07, 6.45) is 5.26. The number of nitrogens with zero attached hydrogens (tertiary/aromatic N) is 3. The lowest BCUT2D eigenvalue weighted by Gasteiger charge is -2.35. The van der Waals surface area contributed by atoms with Gasteiger partial charge in [0, 0.05) is 42.5 Å². The largest absolute Gasteiger partial charge is 0.444 e. The van der Waals surface area contributed by atoms with Gasteiger partial charge in [0.25, 0.3) is 0 Å². The fourth-order valence-corrected chi connectivity index (χ4v) is 3.75. The summed E-state index contributed by atoms with van der Waals surface area (Å²) in [6, 6.07) is 7.65. The molecule has 0 saturated carbocycles. The first-order valence-corrected chi connectivity index (χ1v) is 10.2. The van der Waals surface area contributed by atoms with Crippen LogP contribution in [0.4, 0.5) is 16.3 Å². The van der Waals surface area contributed by atoms with Gasteiger partial charge in [-0.3, -0.25) is 0 Å². The smallest absolute Gasteiger partial charge is 0.410 e. The van der Waals surface area contributed by atoms with Gasteiger partial charge in [-0.15, -0.1) is 0 Å². The maximum Gasteiger partial charge on any atom is 0.410 e. The Morgan fingerprint density at radius 3 is 2.93 bits per heavy atom. The van der Waals surface area contributed by atoms with Gasteiger partial charge >= 0.3 is 6.09 Å². The molecule has 3 aromatic heterocycles. The molecule has 0 unspecified atom stereocenters. The Kier molecular flexibility index (Phi) is 5.24. The van der Waals surface area contributed by atoms with Crippen LogP contribution < -0.4 is 11.1 Å². The van der Waals surface area contributed by atoms with Gasteiger partial charge in [0.2, 0.25) is 0 Å². The summed E-state index contributed by atoms with van der Waals surface area (Å²) in [6.45, 7) is 6.93. The third-order valence-corrected chi connectivity index (χ3v) is 5.05. The molecule has 0 bridgehead atoms. The van der Waals surface area contributed by atoms with Crippen molar-refractivity contribution >= 4 is 28.6 Å². The first kappa shape index (κ1) is 20.0. The third kappa shape index (κ3) is 4.32. The van der Waals surface area contributed by atoms with Crippen LogP contribution in [0.5, 0.6) is 0 Å². The Hall–Kier alpha value is -3.29. The van der Waals surface area contributed by atoms with Crippen LogP contribution in [0.1, 0.15) is 33.6 Å². The molecule has 8 heteroatoms. The van der Waals surface area contributed by atoms with E-state index in [2.05, 4.69) is 20.3 Å². The zero-order valence-electron chi connectivity index (χ0n) is 17.6. The molecule has 1 amide bonds. The van der Waals surface area contributed by atoms with Crippen LogP contribution in [-0.2, 0) is 4.74 Å². The number of likely N-dealkylation sites (tertiary alicyclic amines) is 1. The number of piperidine rings is 1. The summed E-state index contributed by atoms with van der Waals surface area (Å²) >= 11 is 0. The van der Waals surface area contributed by atoms with E-state index in [1.54, 1.807) is 17.2 Å². The molecule has 4 N–H and O–H groups in total. The van der Waals surface area contributed by atoms with Gasteiger partial charge in [0.05, 0.1) is 11.4 Å². The fraction of sp³-hybridized carbons (Fsp3) is 0.409. The van der Waals surface area contributed by atoms with Gasteiger partial charge in [0.1, 0.15) is 17.1 Å².